The Morgan fingerprint density at radius 2 is 1.86 bits per heavy atom. The van der Waals surface area contributed by atoms with Gasteiger partial charge in [0.15, 0.2) is 11.6 Å². The van der Waals surface area contributed by atoms with Gasteiger partial charge >= 0.3 is 0 Å². The van der Waals surface area contributed by atoms with Crippen molar-refractivity contribution in [3.05, 3.63) is 65.2 Å². The van der Waals surface area contributed by atoms with E-state index in [0.717, 1.165) is 12.1 Å². The predicted molar refractivity (Wildman–Crippen MR) is 76.3 cm³/mol. The highest BCUT2D eigenvalue weighted by molar-refractivity contribution is 7.89. The molecule has 0 aliphatic carbocycles. The SMILES string of the molecule is CC(NS(=O)(=O)c1cccc(C#N)c1)c1ccc(F)c(F)c1. The Morgan fingerprint density at radius 1 is 1.14 bits per heavy atom. The van der Waals surface area contributed by atoms with Crippen molar-refractivity contribution in [2.75, 3.05) is 0 Å². The van der Waals surface area contributed by atoms with E-state index in [0.29, 0.717) is 5.56 Å². The Balaban J connectivity index is 2.27. The summed E-state index contributed by atoms with van der Waals surface area (Å²) in [5.74, 6) is -2.05. The Bertz CT molecular complexity index is 845. The molecule has 114 valence electrons. The number of nitrogens with one attached hydrogen (secondary N) is 1. The van der Waals surface area contributed by atoms with Crippen molar-refractivity contribution in [3.63, 3.8) is 0 Å². The highest BCUT2D eigenvalue weighted by Gasteiger charge is 2.19. The van der Waals surface area contributed by atoms with Crippen LogP contribution in [0.3, 0.4) is 0 Å². The van der Waals surface area contributed by atoms with Gasteiger partial charge in [-0.2, -0.15) is 5.26 Å². The molecule has 0 aliphatic rings. The van der Waals surface area contributed by atoms with Crippen LogP contribution in [0.25, 0.3) is 0 Å². The van der Waals surface area contributed by atoms with Crippen LogP contribution >= 0.6 is 0 Å². The second-order valence-electron chi connectivity index (χ2n) is 4.66. The van der Waals surface area contributed by atoms with Crippen LogP contribution in [0, 0.1) is 23.0 Å². The molecule has 1 N–H and O–H groups in total. The number of hydrogen-bond donors (Lipinski definition) is 1. The standard InChI is InChI=1S/C15H12F2N2O2S/c1-10(12-5-6-14(16)15(17)8-12)19-22(20,21)13-4-2-3-11(7-13)9-18/h2-8,10,19H,1H3. The summed E-state index contributed by atoms with van der Waals surface area (Å²) in [6.45, 7) is 1.51. The second-order valence-corrected chi connectivity index (χ2v) is 6.37. The molecule has 2 aromatic carbocycles. The topological polar surface area (TPSA) is 70.0 Å². The molecule has 0 saturated heterocycles. The van der Waals surface area contributed by atoms with Gasteiger partial charge in [0.05, 0.1) is 16.5 Å². The Kier molecular flexibility index (Phi) is 4.54. The van der Waals surface area contributed by atoms with Gasteiger partial charge in [-0.3, -0.25) is 0 Å². The van der Waals surface area contributed by atoms with Crippen LogP contribution in [0.4, 0.5) is 8.78 Å². The van der Waals surface area contributed by atoms with Crippen LogP contribution in [-0.2, 0) is 10.0 Å². The molecule has 0 aromatic heterocycles. The van der Waals surface area contributed by atoms with Gasteiger partial charge in [-0.15, -0.1) is 0 Å². The first-order valence-electron chi connectivity index (χ1n) is 6.31. The minimum Gasteiger partial charge on any atom is -0.207 e. The summed E-state index contributed by atoms with van der Waals surface area (Å²) in [7, 11) is -3.88. The first-order chi connectivity index (χ1) is 10.3. The van der Waals surface area contributed by atoms with Gasteiger partial charge in [0.1, 0.15) is 0 Å². The van der Waals surface area contributed by atoms with E-state index >= 15 is 0 Å². The molecule has 0 aliphatic heterocycles. The molecular formula is C15H12F2N2O2S. The Hall–Kier alpha value is -2.30. The highest BCUT2D eigenvalue weighted by Crippen LogP contribution is 2.19. The fourth-order valence-corrected chi connectivity index (χ4v) is 3.16. The lowest BCUT2D eigenvalue weighted by Crippen LogP contribution is -2.27. The first-order valence-corrected chi connectivity index (χ1v) is 7.79. The van der Waals surface area contributed by atoms with Gasteiger partial charge in [-0.05, 0) is 42.8 Å². The van der Waals surface area contributed by atoms with Crippen LogP contribution < -0.4 is 4.72 Å². The summed E-state index contributed by atoms with van der Waals surface area (Å²) in [6.07, 6.45) is 0. The molecule has 2 rings (SSSR count). The van der Waals surface area contributed by atoms with Crippen molar-refractivity contribution in [3.8, 4) is 6.07 Å². The van der Waals surface area contributed by atoms with E-state index < -0.39 is 27.7 Å². The number of benzene rings is 2. The van der Waals surface area contributed by atoms with Gasteiger partial charge in [0.2, 0.25) is 10.0 Å². The second kappa shape index (κ2) is 6.22. The monoisotopic (exact) mass is 322 g/mol. The molecule has 1 atom stereocenters. The summed E-state index contributed by atoms with van der Waals surface area (Å²) in [4.78, 5) is -0.0685. The van der Waals surface area contributed by atoms with Gasteiger partial charge in [-0.1, -0.05) is 12.1 Å². The minimum atomic E-state index is -3.88. The lowest BCUT2D eigenvalue weighted by Gasteiger charge is -2.15. The van der Waals surface area contributed by atoms with Crippen molar-refractivity contribution in [1.82, 2.24) is 4.72 Å². The zero-order chi connectivity index (χ0) is 16.3. The summed E-state index contributed by atoms with van der Waals surface area (Å²) in [5, 5.41) is 8.80. The van der Waals surface area contributed by atoms with E-state index in [1.54, 1.807) is 0 Å². The maximum Gasteiger partial charge on any atom is 0.241 e. The number of halogens is 2. The summed E-state index contributed by atoms with van der Waals surface area (Å²) >= 11 is 0. The van der Waals surface area contributed by atoms with E-state index in [4.69, 9.17) is 5.26 Å². The van der Waals surface area contributed by atoms with Crippen molar-refractivity contribution >= 4 is 10.0 Å². The largest absolute Gasteiger partial charge is 0.241 e. The zero-order valence-electron chi connectivity index (χ0n) is 11.5. The third-order valence-corrected chi connectivity index (χ3v) is 4.59. The molecule has 0 bridgehead atoms. The van der Waals surface area contributed by atoms with E-state index in [1.165, 1.54) is 37.3 Å². The quantitative estimate of drug-likeness (QED) is 0.941. The highest BCUT2D eigenvalue weighted by atomic mass is 32.2. The normalized spacial score (nSPS) is 12.6. The van der Waals surface area contributed by atoms with Gasteiger partial charge in [0, 0.05) is 6.04 Å². The maximum absolute atomic E-state index is 13.2. The van der Waals surface area contributed by atoms with Crippen LogP contribution in [0.5, 0.6) is 0 Å². The molecule has 2 aromatic rings. The Morgan fingerprint density at radius 3 is 2.50 bits per heavy atom. The molecule has 7 heteroatoms. The molecule has 1 unspecified atom stereocenters. The summed E-state index contributed by atoms with van der Waals surface area (Å²) in [5.41, 5.74) is 0.502. The average Bonchev–Trinajstić information content (AvgIpc) is 2.49. The van der Waals surface area contributed by atoms with Crippen LogP contribution in [0.1, 0.15) is 24.1 Å². The number of rotatable bonds is 4. The molecule has 0 heterocycles. The van der Waals surface area contributed by atoms with E-state index in [9.17, 15) is 17.2 Å². The van der Waals surface area contributed by atoms with Crippen molar-refractivity contribution in [1.29, 1.82) is 5.26 Å². The molecule has 0 radical (unpaired) electrons. The minimum absolute atomic E-state index is 0.0685. The third-order valence-electron chi connectivity index (χ3n) is 3.05. The van der Waals surface area contributed by atoms with E-state index in [-0.39, 0.29) is 10.5 Å². The number of hydrogen-bond acceptors (Lipinski definition) is 3. The van der Waals surface area contributed by atoms with Crippen LogP contribution in [0.2, 0.25) is 0 Å². The van der Waals surface area contributed by atoms with Crippen molar-refractivity contribution < 1.29 is 17.2 Å². The number of sulfonamides is 1. The molecule has 22 heavy (non-hydrogen) atoms. The molecule has 0 fully saturated rings. The molecule has 0 saturated carbocycles. The zero-order valence-corrected chi connectivity index (χ0v) is 12.4. The van der Waals surface area contributed by atoms with Gasteiger partial charge in [0.25, 0.3) is 0 Å². The maximum atomic E-state index is 13.2. The molecule has 0 amide bonds. The van der Waals surface area contributed by atoms with E-state index in [2.05, 4.69) is 4.72 Å². The van der Waals surface area contributed by atoms with E-state index in [1.807, 2.05) is 6.07 Å². The average molecular weight is 322 g/mol. The van der Waals surface area contributed by atoms with Crippen molar-refractivity contribution in [2.24, 2.45) is 0 Å². The van der Waals surface area contributed by atoms with Gasteiger partial charge < -0.3 is 0 Å². The summed E-state index contributed by atoms with van der Waals surface area (Å²) in [6, 6.07) is 9.80. The number of nitrogens with zero attached hydrogens (tertiary/aromatic N) is 1. The van der Waals surface area contributed by atoms with Crippen LogP contribution in [-0.4, -0.2) is 8.42 Å². The lowest BCUT2D eigenvalue weighted by molar-refractivity contribution is 0.504. The first kappa shape index (κ1) is 16.1. The Labute approximate surface area is 127 Å². The third kappa shape index (κ3) is 3.47. The van der Waals surface area contributed by atoms with Crippen LogP contribution in [0.15, 0.2) is 47.4 Å². The smallest absolute Gasteiger partial charge is 0.207 e. The fourth-order valence-electron chi connectivity index (χ4n) is 1.88. The van der Waals surface area contributed by atoms with Crippen molar-refractivity contribution in [2.45, 2.75) is 17.9 Å². The fraction of sp³-hybridized carbons (Fsp3) is 0.133. The molecular weight excluding hydrogens is 310 g/mol. The summed E-state index contributed by atoms with van der Waals surface area (Å²) < 4.78 is 53.0. The molecule has 4 nitrogen and oxygen atoms in total. The number of nitriles is 1. The molecule has 0 spiro atoms. The van der Waals surface area contributed by atoms with Gasteiger partial charge in [-0.25, -0.2) is 21.9 Å². The lowest BCUT2D eigenvalue weighted by atomic mass is 10.1. The predicted octanol–water partition coefficient (Wildman–Crippen LogP) is 2.88.